The van der Waals surface area contributed by atoms with Crippen LogP contribution >= 0.6 is 11.6 Å². The van der Waals surface area contributed by atoms with Crippen LogP contribution < -0.4 is 5.32 Å². The van der Waals surface area contributed by atoms with Gasteiger partial charge in [0.2, 0.25) is 10.0 Å². The molecule has 1 aromatic heterocycles. The number of sulfonamides is 1. The zero-order valence-corrected chi connectivity index (χ0v) is 22.5. The molecule has 0 aliphatic rings. The molecule has 1 amide bonds. The first-order valence-corrected chi connectivity index (χ1v) is 14.0. The fraction of sp³-hybridized carbons (Fsp3) is 0.133. The minimum atomic E-state index is -3.86. The number of nitrogens with one attached hydrogen (secondary N) is 1. The number of nitriles is 1. The maximum absolute atomic E-state index is 13.5. The van der Waals surface area contributed by atoms with Crippen molar-refractivity contribution >= 4 is 33.6 Å². The molecule has 0 fully saturated rings. The molecular formula is C30H26ClN3O4S. The highest BCUT2D eigenvalue weighted by Crippen LogP contribution is 2.23. The summed E-state index contributed by atoms with van der Waals surface area (Å²) in [6.45, 7) is 0.411. The third kappa shape index (κ3) is 7.68. The van der Waals surface area contributed by atoms with Crippen LogP contribution in [0, 0.1) is 11.3 Å². The Morgan fingerprint density at radius 1 is 0.897 bits per heavy atom. The second kappa shape index (κ2) is 13.1. The van der Waals surface area contributed by atoms with Crippen molar-refractivity contribution in [2.24, 2.45) is 0 Å². The third-order valence-electron chi connectivity index (χ3n) is 5.86. The Kier molecular flexibility index (Phi) is 9.34. The Hall–Kier alpha value is -4.16. The Labute approximate surface area is 233 Å². The molecular weight excluding hydrogens is 534 g/mol. The Balaban J connectivity index is 1.49. The van der Waals surface area contributed by atoms with E-state index in [0.29, 0.717) is 23.7 Å². The second-order valence-electron chi connectivity index (χ2n) is 8.68. The van der Waals surface area contributed by atoms with Gasteiger partial charge in [0, 0.05) is 24.2 Å². The lowest BCUT2D eigenvalue weighted by Gasteiger charge is -2.21. The minimum absolute atomic E-state index is 0.0567. The summed E-state index contributed by atoms with van der Waals surface area (Å²) in [5.41, 5.74) is 1.72. The number of amides is 1. The highest BCUT2D eigenvalue weighted by molar-refractivity contribution is 7.89. The van der Waals surface area contributed by atoms with E-state index in [1.54, 1.807) is 54.6 Å². The lowest BCUT2D eigenvalue weighted by Crippen LogP contribution is -2.30. The van der Waals surface area contributed by atoms with Gasteiger partial charge in [0.1, 0.15) is 23.2 Å². The first-order valence-electron chi connectivity index (χ1n) is 12.2. The van der Waals surface area contributed by atoms with Crippen molar-refractivity contribution in [2.45, 2.75) is 24.4 Å². The van der Waals surface area contributed by atoms with Crippen molar-refractivity contribution in [1.82, 2.24) is 9.62 Å². The Morgan fingerprint density at radius 3 is 2.23 bits per heavy atom. The number of halogens is 1. The maximum Gasteiger partial charge on any atom is 0.262 e. The summed E-state index contributed by atoms with van der Waals surface area (Å²) in [4.78, 5) is 12.7. The molecule has 0 aliphatic heterocycles. The highest BCUT2D eigenvalue weighted by atomic mass is 35.5. The van der Waals surface area contributed by atoms with E-state index in [1.165, 1.54) is 22.5 Å². The van der Waals surface area contributed by atoms with Crippen LogP contribution in [0.5, 0.6) is 0 Å². The summed E-state index contributed by atoms with van der Waals surface area (Å²) in [5.74, 6) is 0.113. The largest absolute Gasteiger partial charge is 0.460 e. The lowest BCUT2D eigenvalue weighted by molar-refractivity contribution is -0.117. The molecule has 4 aromatic rings. The first-order chi connectivity index (χ1) is 18.8. The van der Waals surface area contributed by atoms with Gasteiger partial charge in [-0.1, -0.05) is 72.3 Å². The van der Waals surface area contributed by atoms with Crippen LogP contribution in [-0.2, 0) is 34.3 Å². The third-order valence-corrected chi connectivity index (χ3v) is 7.92. The maximum atomic E-state index is 13.5. The van der Waals surface area contributed by atoms with Crippen LogP contribution in [0.1, 0.15) is 22.6 Å². The molecule has 0 radical (unpaired) electrons. The van der Waals surface area contributed by atoms with E-state index in [-0.39, 0.29) is 29.3 Å². The smallest absolute Gasteiger partial charge is 0.262 e. The molecule has 0 saturated carbocycles. The molecule has 0 unspecified atom stereocenters. The monoisotopic (exact) mass is 559 g/mol. The van der Waals surface area contributed by atoms with Crippen LogP contribution in [0.4, 0.5) is 0 Å². The van der Waals surface area contributed by atoms with Crippen molar-refractivity contribution < 1.29 is 17.6 Å². The summed E-state index contributed by atoms with van der Waals surface area (Å²) < 4.78 is 34.1. The molecule has 0 aliphatic carbocycles. The molecule has 9 heteroatoms. The molecule has 1 heterocycles. The van der Waals surface area contributed by atoms with E-state index in [1.807, 2.05) is 36.4 Å². The van der Waals surface area contributed by atoms with Crippen LogP contribution in [-0.4, -0.2) is 25.2 Å². The van der Waals surface area contributed by atoms with Crippen molar-refractivity contribution in [3.8, 4) is 6.07 Å². The van der Waals surface area contributed by atoms with Gasteiger partial charge in [-0.3, -0.25) is 4.79 Å². The molecule has 4 rings (SSSR count). The number of carbonyl (C=O) groups is 1. The summed E-state index contributed by atoms with van der Waals surface area (Å²) in [5, 5.41) is 12.8. The number of benzene rings is 3. The highest BCUT2D eigenvalue weighted by Gasteiger charge is 2.26. The predicted octanol–water partition coefficient (Wildman–Crippen LogP) is 5.59. The van der Waals surface area contributed by atoms with Gasteiger partial charge in [-0.2, -0.15) is 9.57 Å². The minimum Gasteiger partial charge on any atom is -0.460 e. The Morgan fingerprint density at radius 2 is 1.56 bits per heavy atom. The molecule has 0 atom stereocenters. The quantitative estimate of drug-likeness (QED) is 0.190. The number of hydrogen-bond donors (Lipinski definition) is 1. The van der Waals surface area contributed by atoms with Gasteiger partial charge >= 0.3 is 0 Å². The normalized spacial score (nSPS) is 11.8. The molecule has 0 bridgehead atoms. The zero-order chi connectivity index (χ0) is 27.7. The fourth-order valence-electron chi connectivity index (χ4n) is 3.84. The van der Waals surface area contributed by atoms with Crippen LogP contribution in [0.3, 0.4) is 0 Å². The van der Waals surface area contributed by atoms with Crippen molar-refractivity contribution in [1.29, 1.82) is 5.26 Å². The molecule has 1 N–H and O–H groups in total. The number of carbonyl (C=O) groups excluding carboxylic acids is 1. The van der Waals surface area contributed by atoms with Crippen molar-refractivity contribution in [3.63, 3.8) is 0 Å². The lowest BCUT2D eigenvalue weighted by atomic mass is 10.1. The van der Waals surface area contributed by atoms with Gasteiger partial charge in [-0.25, -0.2) is 8.42 Å². The number of furan rings is 1. The topological polar surface area (TPSA) is 103 Å². The van der Waals surface area contributed by atoms with E-state index in [0.717, 1.165) is 11.1 Å². The van der Waals surface area contributed by atoms with Crippen LogP contribution in [0.25, 0.3) is 6.08 Å². The molecule has 7 nitrogen and oxygen atoms in total. The summed E-state index contributed by atoms with van der Waals surface area (Å²) in [6.07, 6.45) is 1.98. The molecule has 0 saturated heterocycles. The van der Waals surface area contributed by atoms with E-state index in [4.69, 9.17) is 16.0 Å². The SMILES string of the molecule is N#C/C(=C/c1ccc(CN(Cc2ccc(Cl)cc2)S(=O)(=O)c2ccccc2)o1)C(=O)NCCc1ccccc1. The Bertz CT molecular complexity index is 1580. The van der Waals surface area contributed by atoms with E-state index in [9.17, 15) is 18.5 Å². The van der Waals surface area contributed by atoms with Gasteiger partial charge in [0.15, 0.2) is 0 Å². The summed E-state index contributed by atoms with van der Waals surface area (Å²) in [7, 11) is -3.86. The summed E-state index contributed by atoms with van der Waals surface area (Å²) in [6, 6.07) is 29.9. The average Bonchev–Trinajstić information content (AvgIpc) is 3.40. The van der Waals surface area contributed by atoms with Gasteiger partial charge in [-0.15, -0.1) is 0 Å². The van der Waals surface area contributed by atoms with Crippen molar-refractivity contribution in [2.75, 3.05) is 6.54 Å². The molecule has 39 heavy (non-hydrogen) atoms. The standard InChI is InChI=1S/C30H26ClN3O4S/c31-26-13-11-24(12-14-26)21-34(39(36,37)29-9-5-2-6-10-29)22-28-16-15-27(38-28)19-25(20-32)30(35)33-18-17-23-7-3-1-4-8-23/h1-16,19H,17-18,21-22H2,(H,33,35)/b25-19-. The molecule has 198 valence electrons. The number of nitrogens with zero attached hydrogens (tertiary/aromatic N) is 2. The van der Waals surface area contributed by atoms with E-state index >= 15 is 0 Å². The zero-order valence-electron chi connectivity index (χ0n) is 21.0. The van der Waals surface area contributed by atoms with Gasteiger partial charge in [-0.05, 0) is 53.9 Å². The fourth-order valence-corrected chi connectivity index (χ4v) is 5.38. The number of rotatable bonds is 11. The number of hydrogen-bond acceptors (Lipinski definition) is 5. The van der Waals surface area contributed by atoms with Crippen LogP contribution in [0.15, 0.2) is 112 Å². The van der Waals surface area contributed by atoms with Crippen molar-refractivity contribution in [3.05, 3.63) is 130 Å². The predicted molar refractivity (Wildman–Crippen MR) is 150 cm³/mol. The van der Waals surface area contributed by atoms with Crippen LogP contribution in [0.2, 0.25) is 5.02 Å². The first kappa shape index (κ1) is 27.9. The average molecular weight is 560 g/mol. The molecule has 0 spiro atoms. The van der Waals surface area contributed by atoms with Gasteiger partial charge in [0.05, 0.1) is 11.4 Å². The van der Waals surface area contributed by atoms with Gasteiger partial charge < -0.3 is 9.73 Å². The van der Waals surface area contributed by atoms with E-state index < -0.39 is 15.9 Å². The van der Waals surface area contributed by atoms with Gasteiger partial charge in [0.25, 0.3) is 5.91 Å². The summed E-state index contributed by atoms with van der Waals surface area (Å²) >= 11 is 5.99. The van der Waals surface area contributed by atoms with E-state index in [2.05, 4.69) is 5.32 Å². The second-order valence-corrected chi connectivity index (χ2v) is 11.1. The molecule has 3 aromatic carbocycles.